The standard InChI is InChI=1S/C33H35N5O6/c1-2-14-36(33(42)34-19-24-6-4-3-5-7-24)37-22-31(40)38-27(17-23-8-11-26(39)12-9-23)32(41)35(21-30(37)38)20-25-10-13-28-29(18-25)44-16-15-43-28/h2-13,18,27,30,39H,1,14-17,19-22H2,(H,34,42)/t27-,30+/m0/s1. The third-order valence-electron chi connectivity index (χ3n) is 8.05. The van der Waals surface area contributed by atoms with Crippen molar-refractivity contribution in [3.05, 3.63) is 102 Å². The fourth-order valence-electron chi connectivity index (χ4n) is 5.94. The maximum Gasteiger partial charge on any atom is 0.332 e. The Morgan fingerprint density at radius 1 is 0.977 bits per heavy atom. The lowest BCUT2D eigenvalue weighted by Gasteiger charge is -2.46. The molecule has 11 heteroatoms. The average Bonchev–Trinajstić information content (AvgIpc) is 3.37. The molecule has 3 aromatic rings. The monoisotopic (exact) mass is 597 g/mol. The lowest BCUT2D eigenvalue weighted by Crippen LogP contribution is -2.66. The molecule has 0 saturated carbocycles. The second-order valence-corrected chi connectivity index (χ2v) is 11.0. The molecular weight excluding hydrogens is 562 g/mol. The largest absolute Gasteiger partial charge is 0.508 e. The van der Waals surface area contributed by atoms with Crippen LogP contribution in [0.5, 0.6) is 17.2 Å². The molecule has 2 fully saturated rings. The van der Waals surface area contributed by atoms with Crippen molar-refractivity contribution in [1.29, 1.82) is 0 Å². The van der Waals surface area contributed by atoms with Crippen LogP contribution in [0.15, 0.2) is 85.5 Å². The number of nitrogens with zero attached hydrogens (tertiary/aromatic N) is 4. The number of carbonyl (C=O) groups is 3. The van der Waals surface area contributed by atoms with Crippen LogP contribution >= 0.6 is 0 Å². The fraction of sp³-hybridized carbons (Fsp3) is 0.303. The Balaban J connectivity index is 1.28. The second kappa shape index (κ2) is 12.7. The zero-order chi connectivity index (χ0) is 30.6. The van der Waals surface area contributed by atoms with Gasteiger partial charge in [0.15, 0.2) is 11.5 Å². The van der Waals surface area contributed by atoms with Crippen molar-refractivity contribution in [2.24, 2.45) is 0 Å². The first-order valence-electron chi connectivity index (χ1n) is 14.6. The number of urea groups is 1. The Bertz CT molecular complexity index is 1530. The van der Waals surface area contributed by atoms with E-state index in [9.17, 15) is 19.5 Å². The highest BCUT2D eigenvalue weighted by molar-refractivity contribution is 5.92. The minimum Gasteiger partial charge on any atom is -0.508 e. The van der Waals surface area contributed by atoms with Gasteiger partial charge in [-0.1, -0.05) is 54.6 Å². The highest BCUT2D eigenvalue weighted by atomic mass is 16.6. The van der Waals surface area contributed by atoms with Gasteiger partial charge in [-0.2, -0.15) is 5.01 Å². The number of ether oxygens (including phenoxy) is 2. The summed E-state index contributed by atoms with van der Waals surface area (Å²) in [4.78, 5) is 44.5. The summed E-state index contributed by atoms with van der Waals surface area (Å²) < 4.78 is 11.4. The van der Waals surface area contributed by atoms with Crippen molar-refractivity contribution in [1.82, 2.24) is 25.1 Å². The first-order valence-corrected chi connectivity index (χ1v) is 14.6. The number of hydrogen-bond acceptors (Lipinski definition) is 7. The fourth-order valence-corrected chi connectivity index (χ4v) is 5.94. The van der Waals surface area contributed by atoms with E-state index in [1.54, 1.807) is 45.2 Å². The Labute approximate surface area is 255 Å². The summed E-state index contributed by atoms with van der Waals surface area (Å²) in [6.07, 6.45) is 1.29. The summed E-state index contributed by atoms with van der Waals surface area (Å²) in [5.41, 5.74) is 2.61. The molecule has 0 aliphatic carbocycles. The van der Waals surface area contributed by atoms with Crippen molar-refractivity contribution < 1.29 is 29.0 Å². The summed E-state index contributed by atoms with van der Waals surface area (Å²) in [5.74, 6) is 0.979. The maximum atomic E-state index is 14.1. The van der Waals surface area contributed by atoms with E-state index in [-0.39, 0.29) is 56.2 Å². The van der Waals surface area contributed by atoms with E-state index < -0.39 is 12.2 Å². The maximum absolute atomic E-state index is 14.1. The summed E-state index contributed by atoms with van der Waals surface area (Å²) in [6, 6.07) is 20.7. The van der Waals surface area contributed by atoms with Crippen LogP contribution < -0.4 is 14.8 Å². The van der Waals surface area contributed by atoms with E-state index in [0.29, 0.717) is 31.3 Å². The highest BCUT2D eigenvalue weighted by Crippen LogP contribution is 2.33. The molecule has 2 N–H and O–H groups in total. The quantitative estimate of drug-likeness (QED) is 0.365. The van der Waals surface area contributed by atoms with Crippen LogP contribution in [-0.4, -0.2) is 87.8 Å². The Morgan fingerprint density at radius 2 is 1.70 bits per heavy atom. The molecule has 3 heterocycles. The van der Waals surface area contributed by atoms with Crippen LogP contribution in [0.4, 0.5) is 4.79 Å². The summed E-state index contributed by atoms with van der Waals surface area (Å²) >= 11 is 0. The third-order valence-corrected chi connectivity index (χ3v) is 8.05. The number of carbonyl (C=O) groups excluding carboxylic acids is 3. The number of fused-ring (bicyclic) bond motifs is 2. The van der Waals surface area contributed by atoms with Gasteiger partial charge in [0.05, 0.1) is 19.6 Å². The summed E-state index contributed by atoms with van der Waals surface area (Å²) in [6.45, 7) is 5.70. The Morgan fingerprint density at radius 3 is 2.45 bits per heavy atom. The molecule has 2 saturated heterocycles. The predicted octanol–water partition coefficient (Wildman–Crippen LogP) is 2.90. The first-order chi connectivity index (χ1) is 21.4. The number of nitrogens with one attached hydrogen (secondary N) is 1. The number of aromatic hydroxyl groups is 1. The zero-order valence-electron chi connectivity index (χ0n) is 24.3. The average molecular weight is 598 g/mol. The third kappa shape index (κ3) is 6.04. The number of phenols is 1. The molecule has 0 unspecified atom stereocenters. The number of amides is 4. The van der Waals surface area contributed by atoms with Crippen molar-refractivity contribution in [2.45, 2.75) is 31.7 Å². The molecule has 11 nitrogen and oxygen atoms in total. The van der Waals surface area contributed by atoms with Gasteiger partial charge < -0.3 is 29.7 Å². The molecule has 0 aromatic heterocycles. The Hall–Kier alpha value is -5.03. The molecule has 228 valence electrons. The second-order valence-electron chi connectivity index (χ2n) is 11.0. The molecule has 3 aliphatic rings. The van der Waals surface area contributed by atoms with Crippen LogP contribution in [0.3, 0.4) is 0 Å². The van der Waals surface area contributed by atoms with Crippen molar-refractivity contribution in [3.8, 4) is 17.2 Å². The first kappa shape index (κ1) is 29.1. The molecule has 0 spiro atoms. The van der Waals surface area contributed by atoms with Crippen LogP contribution in [0, 0.1) is 0 Å². The zero-order valence-corrected chi connectivity index (χ0v) is 24.3. The molecule has 6 rings (SSSR count). The van der Waals surface area contributed by atoms with Crippen LogP contribution in [-0.2, 0) is 29.1 Å². The normalized spacial score (nSPS) is 19.5. The SMILES string of the molecule is C=CCN(C(=O)NCc1ccccc1)N1CC(=O)N2[C@@H](Cc3ccc(O)cc3)C(=O)N(Cc3ccc4c(c3)OCCO4)C[C@@H]21. The van der Waals surface area contributed by atoms with Crippen LogP contribution in [0.2, 0.25) is 0 Å². The van der Waals surface area contributed by atoms with Crippen molar-refractivity contribution in [2.75, 3.05) is 32.8 Å². The molecule has 3 aromatic carbocycles. The van der Waals surface area contributed by atoms with Crippen molar-refractivity contribution in [3.63, 3.8) is 0 Å². The Kier molecular flexibility index (Phi) is 8.38. The number of benzene rings is 3. The van der Waals surface area contributed by atoms with Gasteiger partial charge in [0, 0.05) is 19.5 Å². The number of phenolic OH excluding ortho intramolecular Hbond substituents is 1. The predicted molar refractivity (Wildman–Crippen MR) is 161 cm³/mol. The number of rotatable bonds is 9. The highest BCUT2D eigenvalue weighted by Gasteiger charge is 2.52. The molecule has 3 aliphatic heterocycles. The van der Waals surface area contributed by atoms with E-state index in [0.717, 1.165) is 16.7 Å². The lowest BCUT2D eigenvalue weighted by atomic mass is 9.99. The number of hydrazine groups is 1. The van der Waals surface area contributed by atoms with Gasteiger partial charge >= 0.3 is 6.03 Å². The van der Waals surface area contributed by atoms with Gasteiger partial charge in [0.1, 0.15) is 31.2 Å². The van der Waals surface area contributed by atoms with Gasteiger partial charge in [0.2, 0.25) is 11.8 Å². The molecule has 44 heavy (non-hydrogen) atoms. The van der Waals surface area contributed by atoms with Gasteiger partial charge in [-0.25, -0.2) is 4.79 Å². The van der Waals surface area contributed by atoms with E-state index in [4.69, 9.17) is 9.47 Å². The number of hydrogen-bond donors (Lipinski definition) is 2. The number of piperazine rings is 1. The minimum atomic E-state index is -0.800. The van der Waals surface area contributed by atoms with E-state index in [2.05, 4.69) is 11.9 Å². The van der Waals surface area contributed by atoms with Crippen LogP contribution in [0.25, 0.3) is 0 Å². The molecule has 2 atom stereocenters. The smallest absolute Gasteiger partial charge is 0.332 e. The van der Waals surface area contributed by atoms with Gasteiger partial charge in [0.25, 0.3) is 0 Å². The summed E-state index contributed by atoms with van der Waals surface area (Å²) in [7, 11) is 0. The van der Waals surface area contributed by atoms with E-state index in [1.165, 1.54) is 5.01 Å². The van der Waals surface area contributed by atoms with E-state index >= 15 is 0 Å². The van der Waals surface area contributed by atoms with E-state index in [1.807, 2.05) is 48.5 Å². The summed E-state index contributed by atoms with van der Waals surface area (Å²) in [5, 5.41) is 16.0. The van der Waals surface area contributed by atoms with Crippen molar-refractivity contribution >= 4 is 17.8 Å². The minimum absolute atomic E-state index is 0.0610. The lowest BCUT2D eigenvalue weighted by molar-refractivity contribution is -0.157. The molecule has 4 amide bonds. The topological polar surface area (TPSA) is 115 Å². The molecule has 0 bridgehead atoms. The van der Waals surface area contributed by atoms with Gasteiger partial charge in [-0.05, 0) is 41.0 Å². The van der Waals surface area contributed by atoms with Crippen LogP contribution in [0.1, 0.15) is 16.7 Å². The molecular formula is C33H35N5O6. The van der Waals surface area contributed by atoms with Gasteiger partial charge in [-0.3, -0.25) is 14.6 Å². The molecule has 0 radical (unpaired) electrons. The van der Waals surface area contributed by atoms with Gasteiger partial charge in [-0.15, -0.1) is 6.58 Å².